The molecule has 0 bridgehead atoms. The third-order valence-electron chi connectivity index (χ3n) is 3.84. The molecule has 0 saturated heterocycles. The Kier molecular flexibility index (Phi) is 5.18. The minimum absolute atomic E-state index is 0.108. The standard InChI is InChI=1S/C18H15ClF3N3O/c1-12(9-25-11-23-10-24-25)16-7-6-15(8-17(16)18(20,21)22)26-14-4-2-13(19)3-5-14/h2-8,10-12H,9H2,1H3/t12-/m0/s1. The lowest BCUT2D eigenvalue weighted by Crippen LogP contribution is -2.14. The summed E-state index contributed by atoms with van der Waals surface area (Å²) in [5.41, 5.74) is -0.548. The summed E-state index contributed by atoms with van der Waals surface area (Å²) in [7, 11) is 0. The number of halogens is 4. The van der Waals surface area contributed by atoms with Gasteiger partial charge >= 0.3 is 6.18 Å². The molecule has 2 aromatic carbocycles. The fourth-order valence-corrected chi connectivity index (χ4v) is 2.74. The maximum absolute atomic E-state index is 13.6. The van der Waals surface area contributed by atoms with Crippen LogP contribution in [-0.2, 0) is 12.7 Å². The third-order valence-corrected chi connectivity index (χ3v) is 4.09. The molecule has 4 nitrogen and oxygen atoms in total. The molecule has 8 heteroatoms. The first-order valence-corrected chi connectivity index (χ1v) is 8.17. The summed E-state index contributed by atoms with van der Waals surface area (Å²) in [6.45, 7) is 2.01. The first kappa shape index (κ1) is 18.3. The van der Waals surface area contributed by atoms with Crippen molar-refractivity contribution in [2.24, 2.45) is 0 Å². The van der Waals surface area contributed by atoms with E-state index in [2.05, 4.69) is 10.1 Å². The Morgan fingerprint density at radius 3 is 2.42 bits per heavy atom. The van der Waals surface area contributed by atoms with Crippen LogP contribution in [0.25, 0.3) is 0 Å². The number of aromatic nitrogens is 3. The number of hydrogen-bond donors (Lipinski definition) is 0. The molecule has 0 N–H and O–H groups in total. The number of ether oxygens (including phenoxy) is 1. The molecule has 0 aliphatic carbocycles. The largest absolute Gasteiger partial charge is 0.457 e. The van der Waals surface area contributed by atoms with Crippen LogP contribution in [-0.4, -0.2) is 14.8 Å². The van der Waals surface area contributed by atoms with Crippen molar-refractivity contribution >= 4 is 11.6 Å². The number of benzene rings is 2. The van der Waals surface area contributed by atoms with Crippen LogP contribution in [0.1, 0.15) is 24.0 Å². The lowest BCUT2D eigenvalue weighted by Gasteiger charge is -2.19. The van der Waals surface area contributed by atoms with E-state index in [4.69, 9.17) is 16.3 Å². The Morgan fingerprint density at radius 2 is 1.81 bits per heavy atom. The zero-order chi connectivity index (χ0) is 18.7. The van der Waals surface area contributed by atoms with Gasteiger partial charge in [0, 0.05) is 17.5 Å². The first-order valence-electron chi connectivity index (χ1n) is 7.80. The summed E-state index contributed by atoms with van der Waals surface area (Å²) in [5, 5.41) is 4.46. The second-order valence-electron chi connectivity index (χ2n) is 5.82. The zero-order valence-corrected chi connectivity index (χ0v) is 14.5. The molecule has 3 aromatic rings. The highest BCUT2D eigenvalue weighted by molar-refractivity contribution is 6.30. The molecular weight excluding hydrogens is 367 g/mol. The van der Waals surface area contributed by atoms with Gasteiger partial charge in [-0.1, -0.05) is 24.6 Å². The van der Waals surface area contributed by atoms with Gasteiger partial charge in [0.05, 0.1) is 5.56 Å². The number of hydrogen-bond acceptors (Lipinski definition) is 3. The van der Waals surface area contributed by atoms with Gasteiger partial charge in [0.2, 0.25) is 0 Å². The van der Waals surface area contributed by atoms with E-state index >= 15 is 0 Å². The van der Waals surface area contributed by atoms with Crippen molar-refractivity contribution in [2.45, 2.75) is 25.6 Å². The predicted octanol–water partition coefficient (Wildman–Crippen LogP) is 5.55. The normalized spacial score (nSPS) is 12.8. The van der Waals surface area contributed by atoms with E-state index in [0.29, 0.717) is 17.3 Å². The maximum atomic E-state index is 13.6. The van der Waals surface area contributed by atoms with E-state index in [9.17, 15) is 13.2 Å². The van der Waals surface area contributed by atoms with Crippen molar-refractivity contribution in [1.29, 1.82) is 0 Å². The molecule has 26 heavy (non-hydrogen) atoms. The Morgan fingerprint density at radius 1 is 1.12 bits per heavy atom. The van der Waals surface area contributed by atoms with E-state index in [-0.39, 0.29) is 11.3 Å². The van der Waals surface area contributed by atoms with Crippen LogP contribution in [0.2, 0.25) is 5.02 Å². The maximum Gasteiger partial charge on any atom is 0.416 e. The second kappa shape index (κ2) is 7.37. The Hall–Kier alpha value is -2.54. The molecule has 0 aliphatic heterocycles. The summed E-state index contributed by atoms with van der Waals surface area (Å²) in [4.78, 5) is 3.81. The van der Waals surface area contributed by atoms with Crippen molar-refractivity contribution < 1.29 is 17.9 Å². The van der Waals surface area contributed by atoms with Crippen molar-refractivity contribution in [3.63, 3.8) is 0 Å². The van der Waals surface area contributed by atoms with Crippen molar-refractivity contribution in [1.82, 2.24) is 14.8 Å². The zero-order valence-electron chi connectivity index (χ0n) is 13.7. The summed E-state index contributed by atoms with van der Waals surface area (Å²) >= 11 is 5.80. The average Bonchev–Trinajstić information content (AvgIpc) is 3.09. The van der Waals surface area contributed by atoms with Gasteiger partial charge in [-0.3, -0.25) is 4.68 Å². The van der Waals surface area contributed by atoms with Crippen LogP contribution < -0.4 is 4.74 Å². The Labute approximate surface area is 153 Å². The monoisotopic (exact) mass is 381 g/mol. The van der Waals surface area contributed by atoms with E-state index in [1.807, 2.05) is 0 Å². The molecule has 1 aromatic heterocycles. The lowest BCUT2D eigenvalue weighted by molar-refractivity contribution is -0.138. The topological polar surface area (TPSA) is 39.9 Å². The lowest BCUT2D eigenvalue weighted by atomic mass is 9.95. The molecule has 0 spiro atoms. The van der Waals surface area contributed by atoms with Gasteiger partial charge < -0.3 is 4.74 Å². The number of nitrogens with zero attached hydrogens (tertiary/aromatic N) is 3. The molecule has 0 amide bonds. The molecule has 0 unspecified atom stereocenters. The van der Waals surface area contributed by atoms with Crippen molar-refractivity contribution in [3.05, 3.63) is 71.3 Å². The molecule has 136 valence electrons. The summed E-state index contributed by atoms with van der Waals surface area (Å²) < 4.78 is 47.7. The summed E-state index contributed by atoms with van der Waals surface area (Å²) in [5.74, 6) is 0.111. The van der Waals surface area contributed by atoms with Gasteiger partial charge in [0.25, 0.3) is 0 Å². The van der Waals surface area contributed by atoms with Crippen LogP contribution >= 0.6 is 11.6 Å². The highest BCUT2D eigenvalue weighted by atomic mass is 35.5. The summed E-state index contributed by atoms with van der Waals surface area (Å²) in [6.07, 6.45) is -1.67. The number of alkyl halides is 3. The minimum Gasteiger partial charge on any atom is -0.457 e. The van der Waals surface area contributed by atoms with E-state index in [1.165, 1.54) is 29.5 Å². The van der Waals surface area contributed by atoms with Crippen LogP contribution in [0.4, 0.5) is 13.2 Å². The quantitative estimate of drug-likeness (QED) is 0.582. The minimum atomic E-state index is -4.49. The van der Waals surface area contributed by atoms with Crippen LogP contribution in [0.3, 0.4) is 0 Å². The molecular formula is C18H15ClF3N3O. The molecule has 1 atom stereocenters. The van der Waals surface area contributed by atoms with Gasteiger partial charge in [-0.2, -0.15) is 18.3 Å². The van der Waals surface area contributed by atoms with Gasteiger partial charge in [-0.15, -0.1) is 0 Å². The molecule has 0 aliphatic rings. The van der Waals surface area contributed by atoms with E-state index in [1.54, 1.807) is 31.2 Å². The molecule has 3 rings (SSSR count). The third kappa shape index (κ3) is 4.35. The Balaban J connectivity index is 1.89. The summed E-state index contributed by atoms with van der Waals surface area (Å²) in [6, 6.07) is 10.4. The SMILES string of the molecule is C[C@@H](Cn1cncn1)c1ccc(Oc2ccc(Cl)cc2)cc1C(F)(F)F. The van der Waals surface area contributed by atoms with Crippen LogP contribution in [0.15, 0.2) is 55.1 Å². The smallest absolute Gasteiger partial charge is 0.416 e. The van der Waals surface area contributed by atoms with Gasteiger partial charge in [0.1, 0.15) is 24.2 Å². The predicted molar refractivity (Wildman–Crippen MR) is 91.4 cm³/mol. The van der Waals surface area contributed by atoms with E-state index < -0.39 is 17.7 Å². The molecule has 0 saturated carbocycles. The van der Waals surface area contributed by atoms with Crippen LogP contribution in [0.5, 0.6) is 11.5 Å². The molecule has 0 fully saturated rings. The Bertz CT molecular complexity index is 864. The first-order chi connectivity index (χ1) is 12.3. The van der Waals surface area contributed by atoms with Gasteiger partial charge in [0.15, 0.2) is 0 Å². The average molecular weight is 382 g/mol. The molecule has 1 heterocycles. The van der Waals surface area contributed by atoms with E-state index in [0.717, 1.165) is 6.07 Å². The van der Waals surface area contributed by atoms with Gasteiger partial charge in [-0.05, 0) is 42.0 Å². The second-order valence-corrected chi connectivity index (χ2v) is 6.26. The highest BCUT2D eigenvalue weighted by Gasteiger charge is 2.35. The fourth-order valence-electron chi connectivity index (χ4n) is 2.62. The van der Waals surface area contributed by atoms with Crippen molar-refractivity contribution in [3.8, 4) is 11.5 Å². The number of rotatable bonds is 5. The highest BCUT2D eigenvalue weighted by Crippen LogP contribution is 2.38. The van der Waals surface area contributed by atoms with Crippen LogP contribution in [0, 0.1) is 0 Å². The molecule has 0 radical (unpaired) electrons. The van der Waals surface area contributed by atoms with Crippen molar-refractivity contribution in [2.75, 3.05) is 0 Å². The fraction of sp³-hybridized carbons (Fsp3) is 0.222. The van der Waals surface area contributed by atoms with Gasteiger partial charge in [-0.25, -0.2) is 4.98 Å².